The minimum Gasteiger partial charge on any atom is -0.493 e. The second kappa shape index (κ2) is 4.64. The smallest absolute Gasteiger partial charge is 0.127 e. The van der Waals surface area contributed by atoms with Gasteiger partial charge in [0.25, 0.3) is 0 Å². The first kappa shape index (κ1) is 14.2. The summed E-state index contributed by atoms with van der Waals surface area (Å²) in [6.07, 6.45) is 0.978. The van der Waals surface area contributed by atoms with Crippen molar-refractivity contribution >= 4 is 11.6 Å². The molecular formula is C17H24ClNO. The molecule has 0 spiro atoms. The van der Waals surface area contributed by atoms with Gasteiger partial charge in [-0.25, -0.2) is 0 Å². The Hall–Kier alpha value is -0.730. The lowest BCUT2D eigenvalue weighted by molar-refractivity contribution is 0.352. The zero-order valence-corrected chi connectivity index (χ0v) is 13.6. The molecule has 1 aliphatic heterocycles. The Balaban J connectivity index is 1.63. The molecule has 1 saturated carbocycles. The highest BCUT2D eigenvalue weighted by molar-refractivity contribution is 6.30. The highest BCUT2D eigenvalue weighted by Gasteiger charge is 2.63. The van der Waals surface area contributed by atoms with Gasteiger partial charge in [-0.05, 0) is 41.0 Å². The minimum atomic E-state index is 0.437. The van der Waals surface area contributed by atoms with Crippen LogP contribution in [0.5, 0.6) is 5.75 Å². The Morgan fingerprint density at radius 3 is 2.60 bits per heavy atom. The fraction of sp³-hybridized carbons (Fsp3) is 0.647. The summed E-state index contributed by atoms with van der Waals surface area (Å²) in [7, 11) is 0. The third-order valence-corrected chi connectivity index (χ3v) is 6.03. The quantitative estimate of drug-likeness (QED) is 0.904. The Labute approximate surface area is 126 Å². The average molecular weight is 294 g/mol. The van der Waals surface area contributed by atoms with Gasteiger partial charge < -0.3 is 10.1 Å². The van der Waals surface area contributed by atoms with Crippen LogP contribution in [0, 0.1) is 16.7 Å². The van der Waals surface area contributed by atoms with Gasteiger partial charge in [-0.1, -0.05) is 39.3 Å². The zero-order chi connectivity index (χ0) is 14.5. The van der Waals surface area contributed by atoms with Crippen LogP contribution in [0.1, 0.15) is 38.8 Å². The van der Waals surface area contributed by atoms with E-state index in [1.807, 2.05) is 12.1 Å². The number of hydrogen-bond acceptors (Lipinski definition) is 2. The molecule has 0 amide bonds. The van der Waals surface area contributed by atoms with Crippen LogP contribution in [-0.4, -0.2) is 13.2 Å². The maximum Gasteiger partial charge on any atom is 0.127 e. The van der Waals surface area contributed by atoms with Crippen molar-refractivity contribution in [1.29, 1.82) is 0 Å². The van der Waals surface area contributed by atoms with Crippen LogP contribution in [0.25, 0.3) is 0 Å². The summed E-state index contributed by atoms with van der Waals surface area (Å²) in [5, 5.41) is 4.41. The lowest BCUT2D eigenvalue weighted by Gasteiger charge is -2.11. The summed E-state index contributed by atoms with van der Waals surface area (Å²) in [6, 6.07) is 4.06. The van der Waals surface area contributed by atoms with Crippen molar-refractivity contribution in [3.8, 4) is 5.75 Å². The van der Waals surface area contributed by atoms with Crippen LogP contribution in [0.3, 0.4) is 0 Å². The fourth-order valence-electron chi connectivity index (χ4n) is 3.67. The largest absolute Gasteiger partial charge is 0.493 e. The SMILES string of the molecule is CC1(C)C(CNCc2cc(Cl)cc3c2OCC3)C1(C)C. The van der Waals surface area contributed by atoms with E-state index in [0.717, 1.165) is 42.8 Å². The molecule has 110 valence electrons. The monoisotopic (exact) mass is 293 g/mol. The summed E-state index contributed by atoms with van der Waals surface area (Å²) in [5.41, 5.74) is 3.32. The van der Waals surface area contributed by atoms with Crippen molar-refractivity contribution in [3.63, 3.8) is 0 Å². The second-order valence-electron chi connectivity index (χ2n) is 7.28. The van der Waals surface area contributed by atoms with E-state index in [9.17, 15) is 0 Å². The molecule has 1 heterocycles. The Morgan fingerprint density at radius 1 is 1.25 bits per heavy atom. The number of hydrogen-bond donors (Lipinski definition) is 1. The third-order valence-electron chi connectivity index (χ3n) is 5.81. The van der Waals surface area contributed by atoms with Crippen molar-refractivity contribution in [2.24, 2.45) is 16.7 Å². The molecule has 0 radical (unpaired) electrons. The van der Waals surface area contributed by atoms with Crippen molar-refractivity contribution in [2.45, 2.75) is 40.7 Å². The van der Waals surface area contributed by atoms with Crippen LogP contribution in [0.2, 0.25) is 5.02 Å². The molecule has 1 aliphatic carbocycles. The van der Waals surface area contributed by atoms with Crippen LogP contribution in [-0.2, 0) is 13.0 Å². The van der Waals surface area contributed by atoms with E-state index in [1.165, 1.54) is 11.1 Å². The van der Waals surface area contributed by atoms with E-state index in [4.69, 9.17) is 16.3 Å². The first-order valence-electron chi connectivity index (χ1n) is 7.49. The Kier molecular flexibility index (Phi) is 3.30. The molecule has 3 rings (SSSR count). The molecule has 1 aromatic carbocycles. The van der Waals surface area contributed by atoms with E-state index in [1.54, 1.807) is 0 Å². The molecule has 0 saturated heterocycles. The molecule has 2 nitrogen and oxygen atoms in total. The van der Waals surface area contributed by atoms with E-state index >= 15 is 0 Å². The number of nitrogens with one attached hydrogen (secondary N) is 1. The molecular weight excluding hydrogens is 270 g/mol. The number of fused-ring (bicyclic) bond motifs is 1. The maximum atomic E-state index is 6.19. The Morgan fingerprint density at radius 2 is 1.95 bits per heavy atom. The predicted octanol–water partition coefficient (Wildman–Crippen LogP) is 4.05. The van der Waals surface area contributed by atoms with Gasteiger partial charge >= 0.3 is 0 Å². The molecule has 3 heteroatoms. The number of ether oxygens (including phenoxy) is 1. The zero-order valence-electron chi connectivity index (χ0n) is 12.8. The predicted molar refractivity (Wildman–Crippen MR) is 83.4 cm³/mol. The number of benzene rings is 1. The molecule has 1 aromatic rings. The van der Waals surface area contributed by atoms with Gasteiger partial charge in [-0.3, -0.25) is 0 Å². The van der Waals surface area contributed by atoms with Crippen molar-refractivity contribution < 1.29 is 4.74 Å². The van der Waals surface area contributed by atoms with Gasteiger partial charge in [-0.2, -0.15) is 0 Å². The van der Waals surface area contributed by atoms with Gasteiger partial charge in [-0.15, -0.1) is 0 Å². The van der Waals surface area contributed by atoms with E-state index in [-0.39, 0.29) is 0 Å². The van der Waals surface area contributed by atoms with Gasteiger partial charge in [0.2, 0.25) is 0 Å². The Bertz CT molecular complexity index is 522. The molecule has 1 N–H and O–H groups in total. The van der Waals surface area contributed by atoms with Gasteiger partial charge in [0.1, 0.15) is 5.75 Å². The van der Waals surface area contributed by atoms with Crippen molar-refractivity contribution in [3.05, 3.63) is 28.3 Å². The second-order valence-corrected chi connectivity index (χ2v) is 7.71. The number of rotatable bonds is 4. The van der Waals surface area contributed by atoms with Crippen molar-refractivity contribution in [1.82, 2.24) is 5.32 Å². The van der Waals surface area contributed by atoms with Crippen LogP contribution >= 0.6 is 11.6 Å². The van der Waals surface area contributed by atoms with Crippen LogP contribution in [0.4, 0.5) is 0 Å². The lowest BCUT2D eigenvalue weighted by Crippen LogP contribution is -2.19. The summed E-state index contributed by atoms with van der Waals surface area (Å²) in [5.74, 6) is 1.79. The fourth-order valence-corrected chi connectivity index (χ4v) is 3.94. The molecule has 0 atom stereocenters. The summed E-state index contributed by atoms with van der Waals surface area (Å²) >= 11 is 6.19. The first-order valence-corrected chi connectivity index (χ1v) is 7.86. The first-order chi connectivity index (χ1) is 9.34. The molecule has 20 heavy (non-hydrogen) atoms. The van der Waals surface area contributed by atoms with E-state index in [2.05, 4.69) is 33.0 Å². The van der Waals surface area contributed by atoms with Crippen molar-refractivity contribution in [2.75, 3.05) is 13.2 Å². The van der Waals surface area contributed by atoms with Crippen LogP contribution in [0.15, 0.2) is 12.1 Å². The van der Waals surface area contributed by atoms with E-state index < -0.39 is 0 Å². The van der Waals surface area contributed by atoms with Gasteiger partial charge in [0.15, 0.2) is 0 Å². The average Bonchev–Trinajstić information content (AvgIpc) is 2.72. The standard InChI is InChI=1S/C17H24ClNO/c1-16(2)14(17(16,3)4)10-19-9-12-8-13(18)7-11-5-6-20-15(11)12/h7-8,14,19H,5-6,9-10H2,1-4H3. The molecule has 1 fully saturated rings. The summed E-state index contributed by atoms with van der Waals surface area (Å²) in [4.78, 5) is 0. The summed E-state index contributed by atoms with van der Waals surface area (Å²) in [6.45, 7) is 12.1. The molecule has 0 bridgehead atoms. The normalized spacial score (nSPS) is 22.4. The minimum absolute atomic E-state index is 0.437. The molecule has 0 aromatic heterocycles. The maximum absolute atomic E-state index is 6.19. The van der Waals surface area contributed by atoms with Gasteiger partial charge in [0.05, 0.1) is 6.61 Å². The molecule has 2 aliphatic rings. The third kappa shape index (κ3) is 2.14. The topological polar surface area (TPSA) is 21.3 Å². The molecule has 0 unspecified atom stereocenters. The van der Waals surface area contributed by atoms with Gasteiger partial charge in [0, 0.05) is 23.6 Å². The number of halogens is 1. The highest BCUT2D eigenvalue weighted by Crippen LogP contribution is 2.67. The van der Waals surface area contributed by atoms with E-state index in [0.29, 0.717) is 10.8 Å². The lowest BCUT2D eigenvalue weighted by atomic mass is 10.0. The highest BCUT2D eigenvalue weighted by atomic mass is 35.5. The van der Waals surface area contributed by atoms with Crippen LogP contribution < -0.4 is 10.1 Å². The summed E-state index contributed by atoms with van der Waals surface area (Å²) < 4.78 is 5.74.